The van der Waals surface area contributed by atoms with Gasteiger partial charge in [-0.25, -0.2) is 14.3 Å². The molecule has 7 aliphatic rings. The maximum Gasteiger partial charge on any atom is 2.00 e. The van der Waals surface area contributed by atoms with Gasteiger partial charge in [0.25, 0.3) is 9.73 Å². The smallest absolute Gasteiger partial charge is 1.00 e. The van der Waals surface area contributed by atoms with E-state index in [4.69, 9.17) is 125 Å². The van der Waals surface area contributed by atoms with Gasteiger partial charge in [0.15, 0.2) is 26.8 Å². The summed E-state index contributed by atoms with van der Waals surface area (Å²) in [6.07, 6.45) is 25.3. The molecule has 7 fully saturated rings. The zero-order valence-corrected chi connectivity index (χ0v) is 103. The van der Waals surface area contributed by atoms with Crippen molar-refractivity contribution < 1.29 is 118 Å². The van der Waals surface area contributed by atoms with Gasteiger partial charge in [-0.2, -0.15) is 6.92 Å². The number of anilines is 3. The minimum atomic E-state index is -3.02. The summed E-state index contributed by atoms with van der Waals surface area (Å²) < 4.78 is 82.2. The minimum absolute atomic E-state index is 0. The number of benzene rings is 1. The molecular formula is C94H173BBr9Cl5MgN11O21P2S2. The summed E-state index contributed by atoms with van der Waals surface area (Å²) in [4.78, 5) is 59.6. The zero-order chi connectivity index (χ0) is 102. The van der Waals surface area contributed by atoms with Crippen LogP contribution in [0.25, 0.3) is 33.1 Å². The molecule has 2 atom stereocenters. The predicted molar refractivity (Wildman–Crippen MR) is 652 cm³/mol. The number of aryl methyl sites for hydroxylation is 1. The van der Waals surface area contributed by atoms with Crippen LogP contribution in [0.1, 0.15) is 202 Å². The molecule has 1 aliphatic carbocycles. The van der Waals surface area contributed by atoms with Gasteiger partial charge < -0.3 is 132 Å². The first-order chi connectivity index (χ1) is 64.9. The van der Waals surface area contributed by atoms with Crippen molar-refractivity contribution in [3.63, 3.8) is 0 Å². The van der Waals surface area contributed by atoms with Crippen LogP contribution in [-0.2, 0) is 75.9 Å². The maximum absolute atomic E-state index is 11.3. The van der Waals surface area contributed by atoms with Crippen molar-refractivity contribution in [3.8, 4) is 0 Å². The molecule has 6 aliphatic heterocycles. The Morgan fingerprint density at radius 1 is 0.575 bits per heavy atom. The summed E-state index contributed by atoms with van der Waals surface area (Å²) in [5.41, 5.74) is 15.4. The Morgan fingerprint density at radius 3 is 1.19 bits per heavy atom. The number of ether oxygens (including phenoxy) is 11. The van der Waals surface area contributed by atoms with Crippen molar-refractivity contribution in [2.24, 2.45) is 10.2 Å². The fourth-order valence-electron chi connectivity index (χ4n) is 11.7. The van der Waals surface area contributed by atoms with Crippen molar-refractivity contribution in [3.05, 3.63) is 110 Å². The Kier molecular flexibility index (Phi) is 136. The minimum Gasteiger partial charge on any atom is -1.00 e. The third-order valence-corrected chi connectivity index (χ3v) is 27.0. The number of nitrogen functional groups attached to an aromatic ring is 1. The van der Waals surface area contributed by atoms with E-state index in [-0.39, 0.29) is 161 Å². The molecule has 146 heavy (non-hydrogen) atoms. The Bertz CT molecular complexity index is 4070. The van der Waals surface area contributed by atoms with E-state index in [1.165, 1.54) is 18.5 Å². The van der Waals surface area contributed by atoms with Gasteiger partial charge in [-0.3, -0.25) is 29.3 Å². The number of fused-ring (bicyclic) bond motifs is 3. The average Bonchev–Trinajstić information content (AvgIpc) is 1.62. The molecule has 0 amide bonds. The van der Waals surface area contributed by atoms with E-state index in [9.17, 15) is 22.8 Å². The van der Waals surface area contributed by atoms with Crippen LogP contribution in [0.3, 0.4) is 0 Å². The van der Waals surface area contributed by atoms with Crippen LogP contribution >= 0.6 is 215 Å². The number of aromatic nitrogens is 6. The van der Waals surface area contributed by atoms with E-state index in [1.807, 2.05) is 76.6 Å². The number of rotatable bonds is 28. The quantitative estimate of drug-likeness (QED) is 0.00317. The van der Waals surface area contributed by atoms with Crippen molar-refractivity contribution >= 4 is 323 Å². The van der Waals surface area contributed by atoms with E-state index in [0.717, 1.165) is 226 Å². The second kappa shape index (κ2) is 112. The first-order valence-corrected chi connectivity index (χ1v) is 59.2. The number of carbonyl (C=O) groups is 3. The first-order valence-electron chi connectivity index (χ1n) is 43.3. The van der Waals surface area contributed by atoms with Gasteiger partial charge >= 0.3 is 53.8 Å². The number of piperidine rings is 2. The van der Waals surface area contributed by atoms with Crippen LogP contribution in [-0.4, -0.2) is 313 Å². The van der Waals surface area contributed by atoms with Crippen LogP contribution in [0.2, 0.25) is 0 Å². The predicted octanol–water partition coefficient (Wildman–Crippen LogP) is 22.1. The van der Waals surface area contributed by atoms with Gasteiger partial charge in [0.05, 0.1) is 110 Å². The number of carbonyl (C=O) groups excluding carboxylic acids is 3. The van der Waals surface area contributed by atoms with Gasteiger partial charge in [0.2, 0.25) is 0 Å². The number of halogens is 14. The normalized spacial score (nSPS) is 14.5. The average molecular weight is 2850 g/mol. The number of ketones is 2. The van der Waals surface area contributed by atoms with Crippen molar-refractivity contribution in [1.82, 2.24) is 29.9 Å². The van der Waals surface area contributed by atoms with E-state index in [2.05, 4.69) is 224 Å². The van der Waals surface area contributed by atoms with Crippen LogP contribution in [0.15, 0.2) is 107 Å². The number of hydrogen-bond donors (Lipinski definition) is 11. The number of pyridine rings is 3. The van der Waals surface area contributed by atoms with Gasteiger partial charge in [-0.05, 0) is 115 Å². The molecule has 7 aromatic rings. The van der Waals surface area contributed by atoms with Gasteiger partial charge in [-0.15, -0.1) is 12.4 Å². The van der Waals surface area contributed by atoms with Gasteiger partial charge in [0, 0.05) is 218 Å². The van der Waals surface area contributed by atoms with E-state index in [1.54, 1.807) is 56.7 Å². The Hall–Kier alpha value is 0.421. The summed E-state index contributed by atoms with van der Waals surface area (Å²) >= 11 is 48.8. The third kappa shape index (κ3) is 83.7. The number of Topliss-reactive ketones (excluding diaryl/α,β-unsaturated/α-hetero) is 2. The van der Waals surface area contributed by atoms with Crippen molar-refractivity contribution in [2.75, 3.05) is 184 Å². The number of thiol groups is 1. The number of nitrogens with zero attached hydrogens (tertiary/aromatic N) is 6. The van der Waals surface area contributed by atoms with Crippen LogP contribution < -0.4 is 38.4 Å². The van der Waals surface area contributed by atoms with Crippen molar-refractivity contribution in [1.29, 1.82) is 0 Å². The fraction of sp³-hybridized carbons (Fsp3) is 0.670. The monoisotopic (exact) mass is 2840 g/mol. The fourth-order valence-corrected chi connectivity index (χ4v) is 18.7. The molecule has 12 N–H and O–H groups in total. The second-order valence-corrected chi connectivity index (χ2v) is 43.8. The molecule has 6 aromatic heterocycles. The maximum atomic E-state index is 11.3. The molecule has 52 heteroatoms. The number of hydrogen-bond acceptors (Lipinski definition) is 30. The molecule has 1 spiro atoms. The van der Waals surface area contributed by atoms with E-state index in [0.29, 0.717) is 86.0 Å². The molecule has 1 saturated carbocycles. The number of aliphatic hydroxyl groups excluding tert-OH is 3. The summed E-state index contributed by atoms with van der Waals surface area (Å²) in [6.45, 7) is 26.0. The number of esters is 1. The van der Waals surface area contributed by atoms with Crippen molar-refractivity contribution in [2.45, 2.75) is 241 Å². The molecule has 1 radical (unpaired) electrons. The third-order valence-electron chi connectivity index (χ3n) is 18.2. The van der Waals surface area contributed by atoms with Crippen LogP contribution in [0.4, 0.5) is 17.1 Å². The number of nitrogens with one attached hydrogen (secondary N) is 3. The zero-order valence-electron chi connectivity index (χ0n) is 79.4. The molecule has 0 bridgehead atoms. The number of aromatic amines is 3. The summed E-state index contributed by atoms with van der Waals surface area (Å²) in [5, 5.41) is 44.8. The summed E-state index contributed by atoms with van der Waals surface area (Å²) in [5.74, 6) is 3.14. The first kappa shape index (κ1) is 177. The number of aliphatic hydroxyl groups is 4. The van der Waals surface area contributed by atoms with Crippen LogP contribution in [0, 0.1) is 13.8 Å². The molecule has 14 rings (SSSR count). The topological polar surface area (TPSA) is 445 Å². The molecule has 2 unspecified atom stereocenters. The number of H-pyrrole nitrogens is 3. The van der Waals surface area contributed by atoms with Gasteiger partial charge in [0.1, 0.15) is 28.1 Å². The molecule has 6 saturated heterocycles. The largest absolute Gasteiger partial charge is 2.00 e. The SMILES string of the molecule is BrCCC1(CCBr)OCCO1.BrCCC1(CCBr)OCCO1.C.C.C.C.C.C.C.C.C1CCOC1.CCOC(=O)CCBr.CCOC(OCC)OCC.CO.Cc1ccc(S(=O)(=O)PP)cc1.Cl.ClC(Cl)(Cl)Cl.NO.Nc1c[nH]c2cccnc12.O=C(CCBr)CCBr.O=C1CCN(c2c[nH]c3cccnc23)CC1.OC1(CCBr)CC1.OCCO.[B]=NS.[Br-].[CH2-]C.[Mg+2].c1cnc2c(N3CCC4(CC3)OCCO4)c[nH]c2c1. The Morgan fingerprint density at radius 2 is 0.904 bits per heavy atom. The van der Waals surface area contributed by atoms with Gasteiger partial charge in [-0.1, -0.05) is 260 Å². The van der Waals surface area contributed by atoms with E-state index >= 15 is 0 Å². The Balaban J connectivity index is -0.000000108. The summed E-state index contributed by atoms with van der Waals surface area (Å²) in [6, 6.07) is 18.6. The van der Waals surface area contributed by atoms with E-state index < -0.39 is 19.2 Å². The molecule has 12 heterocycles. The molecule has 855 valence electrons. The standard InChI is InChI=1S/C14H17N3O2.C12H13N3O.2C7H12Br2O2.C7H7N3.C7H16O3.C7H10O2P2S.C5H8Br2O.C5H9BrO2.C5H9BrO.C4H8O.C2H6O2.C2H5.CCl4.CH4O.8CH4.BHNS.BrH.ClH.Mg.H3NO/c1-2-11-13(15-5-1)12(10-16-11)17-6-3-14(4-7-17)18-8-9-19-14;16-9-3-6-15(7-4-9)11-8-14-10-2-1-5-13-12(10)11;2*8-3-1-7(2-4-9)10-5-6-11-7;8-5-4-10-6-2-1-3-9-7(5)6;1-4-8-7(9-5-2)10-6-3;1-6-2-4-7(5-3-6)12(8,9)11-10;6-3-1-5(8)2-4-7;1-2-8-5(7)3-4-6;6-4-3-5(7)1-2-5;1-2-4-5-3-1;3-1-2-4;1-2;2-1(3,4)5;1-2;;;;;;;;;1-2-3;;;;1-2/h1-2,5,10,16H,3-4,6-9H2;1-2,5,8,14H,3-4,6-7H2;2*1-6H2;1-4,10H,8H2;7H,4-6H2,1-3H3;2-5,11H,10H2,1H3;1-4H2;2-4H2,1H3;7H,1-4H2;1-4H2;3-4H,1-2H2;1H2,2H3;;2H,1H3;8*1H4;3H;2*1H;;2H,1H2/q;;;;;;;;;;;;-1;;;;;;;;;;;;;;+2;/p-1. The Labute approximate surface area is 1010 Å². The second-order valence-electron chi connectivity index (χ2n) is 27.6. The molecule has 1 aromatic carbocycles. The summed E-state index contributed by atoms with van der Waals surface area (Å²) in [7, 11) is 4.41. The molecule has 32 nitrogen and oxygen atoms in total. The van der Waals surface area contributed by atoms with Crippen LogP contribution in [0.5, 0.6) is 0 Å². The number of alkyl halides is 12. The number of nitrogens with two attached hydrogens (primary N) is 2. The molecular weight excluding hydrogens is 2680 g/mol.